The second-order valence-corrected chi connectivity index (χ2v) is 4.91. The Morgan fingerprint density at radius 3 is 2.60 bits per heavy atom. The highest BCUT2D eigenvalue weighted by Gasteiger charge is 2.12. The first-order valence-electron chi connectivity index (χ1n) is 6.82. The number of fused-ring (bicyclic) bond motifs is 1. The molecule has 2 N–H and O–H groups in total. The SMILES string of the molecule is CCc1cccc(C)c1-c1nc(N)c2ccccc2n1. The van der Waals surface area contributed by atoms with Gasteiger partial charge in [-0.05, 0) is 36.6 Å². The summed E-state index contributed by atoms with van der Waals surface area (Å²) in [6.45, 7) is 4.23. The minimum Gasteiger partial charge on any atom is -0.383 e. The first kappa shape index (κ1) is 12.6. The van der Waals surface area contributed by atoms with Crippen molar-refractivity contribution >= 4 is 16.7 Å². The fraction of sp³-hybridized carbons (Fsp3) is 0.176. The van der Waals surface area contributed by atoms with Crippen LogP contribution in [0, 0.1) is 6.92 Å². The van der Waals surface area contributed by atoms with Gasteiger partial charge in [0.1, 0.15) is 5.82 Å². The molecule has 2 aromatic carbocycles. The van der Waals surface area contributed by atoms with Gasteiger partial charge < -0.3 is 5.73 Å². The Hall–Kier alpha value is -2.42. The lowest BCUT2D eigenvalue weighted by molar-refractivity contribution is 1.11. The first-order valence-corrected chi connectivity index (χ1v) is 6.82. The number of rotatable bonds is 2. The number of nitrogens with two attached hydrogens (primary N) is 1. The molecule has 0 atom stereocenters. The maximum atomic E-state index is 6.08. The minimum atomic E-state index is 0.538. The molecule has 0 radical (unpaired) electrons. The molecule has 0 unspecified atom stereocenters. The van der Waals surface area contributed by atoms with E-state index in [1.54, 1.807) is 0 Å². The average molecular weight is 263 g/mol. The molecule has 20 heavy (non-hydrogen) atoms. The van der Waals surface area contributed by atoms with Gasteiger partial charge in [0.25, 0.3) is 0 Å². The van der Waals surface area contributed by atoms with Gasteiger partial charge >= 0.3 is 0 Å². The summed E-state index contributed by atoms with van der Waals surface area (Å²) in [7, 11) is 0. The Balaban J connectivity index is 2.30. The van der Waals surface area contributed by atoms with Crippen molar-refractivity contribution in [1.29, 1.82) is 0 Å². The number of hydrogen-bond donors (Lipinski definition) is 1. The molecule has 3 aromatic rings. The second-order valence-electron chi connectivity index (χ2n) is 4.91. The molecule has 0 bridgehead atoms. The summed E-state index contributed by atoms with van der Waals surface area (Å²) in [5.41, 5.74) is 10.5. The van der Waals surface area contributed by atoms with Crippen LogP contribution in [0.15, 0.2) is 42.5 Å². The van der Waals surface area contributed by atoms with E-state index in [4.69, 9.17) is 5.73 Å². The van der Waals surface area contributed by atoms with Crippen molar-refractivity contribution in [1.82, 2.24) is 9.97 Å². The molecule has 0 fully saturated rings. The van der Waals surface area contributed by atoms with E-state index in [0.29, 0.717) is 5.82 Å². The zero-order valence-electron chi connectivity index (χ0n) is 11.7. The Labute approximate surface area is 118 Å². The molecule has 0 saturated carbocycles. The fourth-order valence-corrected chi connectivity index (χ4v) is 2.56. The second kappa shape index (κ2) is 4.93. The quantitative estimate of drug-likeness (QED) is 0.766. The van der Waals surface area contributed by atoms with Crippen LogP contribution in [-0.4, -0.2) is 9.97 Å². The predicted molar refractivity (Wildman–Crippen MR) is 83.5 cm³/mol. The standard InChI is InChI=1S/C17H17N3/c1-3-12-8-6-7-11(2)15(12)17-19-14-10-5-4-9-13(14)16(18)20-17/h4-10H,3H2,1-2H3,(H2,18,19,20). The van der Waals surface area contributed by atoms with Crippen LogP contribution in [0.1, 0.15) is 18.1 Å². The molecule has 1 heterocycles. The Morgan fingerprint density at radius 1 is 1.00 bits per heavy atom. The molecular formula is C17H17N3. The van der Waals surface area contributed by atoms with Gasteiger partial charge in [-0.2, -0.15) is 0 Å². The number of nitrogens with zero attached hydrogens (tertiary/aromatic N) is 2. The normalized spacial score (nSPS) is 10.9. The molecule has 0 saturated heterocycles. The summed E-state index contributed by atoms with van der Waals surface area (Å²) in [6, 6.07) is 14.1. The molecule has 0 aliphatic rings. The highest BCUT2D eigenvalue weighted by molar-refractivity contribution is 5.89. The van der Waals surface area contributed by atoms with Gasteiger partial charge in [0.05, 0.1) is 5.52 Å². The Bertz CT molecular complexity index is 778. The van der Waals surface area contributed by atoms with Crippen molar-refractivity contribution in [2.75, 3.05) is 5.73 Å². The largest absolute Gasteiger partial charge is 0.383 e. The highest BCUT2D eigenvalue weighted by Crippen LogP contribution is 2.28. The summed E-state index contributed by atoms with van der Waals surface area (Å²) in [5.74, 6) is 1.26. The van der Waals surface area contributed by atoms with Crippen molar-refractivity contribution in [3.8, 4) is 11.4 Å². The van der Waals surface area contributed by atoms with E-state index in [1.165, 1.54) is 11.1 Å². The molecule has 3 nitrogen and oxygen atoms in total. The van der Waals surface area contributed by atoms with Crippen molar-refractivity contribution in [2.45, 2.75) is 20.3 Å². The summed E-state index contributed by atoms with van der Waals surface area (Å²) < 4.78 is 0. The summed E-state index contributed by atoms with van der Waals surface area (Å²) in [6.07, 6.45) is 0.951. The third-order valence-electron chi connectivity index (χ3n) is 3.60. The predicted octanol–water partition coefficient (Wildman–Crippen LogP) is 3.75. The highest BCUT2D eigenvalue weighted by atomic mass is 14.9. The van der Waals surface area contributed by atoms with E-state index in [1.807, 2.05) is 24.3 Å². The van der Waals surface area contributed by atoms with Crippen molar-refractivity contribution < 1.29 is 0 Å². The number of aromatic nitrogens is 2. The molecule has 0 aliphatic heterocycles. The molecular weight excluding hydrogens is 246 g/mol. The zero-order chi connectivity index (χ0) is 14.1. The number of nitrogen functional groups attached to an aromatic ring is 1. The van der Waals surface area contributed by atoms with E-state index >= 15 is 0 Å². The lowest BCUT2D eigenvalue weighted by Gasteiger charge is -2.11. The van der Waals surface area contributed by atoms with Crippen LogP contribution in [0.2, 0.25) is 0 Å². The van der Waals surface area contributed by atoms with E-state index in [-0.39, 0.29) is 0 Å². The lowest BCUT2D eigenvalue weighted by atomic mass is 9.99. The number of aryl methyl sites for hydroxylation is 2. The molecule has 1 aromatic heterocycles. The van der Waals surface area contributed by atoms with Crippen LogP contribution in [0.5, 0.6) is 0 Å². The fourth-order valence-electron chi connectivity index (χ4n) is 2.56. The molecule has 3 rings (SSSR count). The van der Waals surface area contributed by atoms with E-state index in [0.717, 1.165) is 28.7 Å². The number of hydrogen-bond acceptors (Lipinski definition) is 3. The van der Waals surface area contributed by atoms with Crippen LogP contribution in [0.4, 0.5) is 5.82 Å². The number of anilines is 1. The van der Waals surface area contributed by atoms with Gasteiger partial charge in [-0.3, -0.25) is 0 Å². The third-order valence-corrected chi connectivity index (χ3v) is 3.60. The minimum absolute atomic E-state index is 0.538. The topological polar surface area (TPSA) is 51.8 Å². The Kier molecular flexibility index (Phi) is 3.11. The zero-order valence-corrected chi connectivity index (χ0v) is 11.7. The molecule has 0 spiro atoms. The van der Waals surface area contributed by atoms with Crippen LogP contribution < -0.4 is 5.73 Å². The molecule has 0 amide bonds. The third kappa shape index (κ3) is 2.01. The average Bonchev–Trinajstić information content (AvgIpc) is 2.46. The van der Waals surface area contributed by atoms with Crippen LogP contribution in [-0.2, 0) is 6.42 Å². The van der Waals surface area contributed by atoms with Gasteiger partial charge in [0, 0.05) is 10.9 Å². The van der Waals surface area contributed by atoms with Crippen LogP contribution in [0.25, 0.3) is 22.3 Å². The van der Waals surface area contributed by atoms with Crippen molar-refractivity contribution in [3.05, 3.63) is 53.6 Å². The monoisotopic (exact) mass is 263 g/mol. The van der Waals surface area contributed by atoms with Gasteiger partial charge in [0.15, 0.2) is 5.82 Å². The molecule has 100 valence electrons. The van der Waals surface area contributed by atoms with E-state index < -0.39 is 0 Å². The van der Waals surface area contributed by atoms with Gasteiger partial charge in [-0.1, -0.05) is 37.3 Å². The van der Waals surface area contributed by atoms with Gasteiger partial charge in [0.2, 0.25) is 0 Å². The van der Waals surface area contributed by atoms with Gasteiger partial charge in [-0.25, -0.2) is 9.97 Å². The number of para-hydroxylation sites is 1. The summed E-state index contributed by atoms with van der Waals surface area (Å²) >= 11 is 0. The smallest absolute Gasteiger partial charge is 0.162 e. The molecule has 3 heteroatoms. The Morgan fingerprint density at radius 2 is 1.80 bits per heavy atom. The first-order chi connectivity index (χ1) is 9.70. The summed E-state index contributed by atoms with van der Waals surface area (Å²) in [4.78, 5) is 9.19. The number of benzene rings is 2. The van der Waals surface area contributed by atoms with E-state index in [9.17, 15) is 0 Å². The maximum Gasteiger partial charge on any atom is 0.162 e. The maximum absolute atomic E-state index is 6.08. The van der Waals surface area contributed by atoms with Crippen LogP contribution in [0.3, 0.4) is 0 Å². The van der Waals surface area contributed by atoms with Crippen molar-refractivity contribution in [3.63, 3.8) is 0 Å². The van der Waals surface area contributed by atoms with Gasteiger partial charge in [-0.15, -0.1) is 0 Å². The van der Waals surface area contributed by atoms with Crippen molar-refractivity contribution in [2.24, 2.45) is 0 Å². The van der Waals surface area contributed by atoms with E-state index in [2.05, 4.69) is 42.0 Å². The summed E-state index contributed by atoms with van der Waals surface area (Å²) in [5, 5.41) is 0.905. The van der Waals surface area contributed by atoms with Crippen LogP contribution >= 0.6 is 0 Å². The lowest BCUT2D eigenvalue weighted by Crippen LogP contribution is -2.01. The molecule has 0 aliphatic carbocycles.